The molecule has 1 saturated carbocycles. The van der Waals surface area contributed by atoms with Gasteiger partial charge < -0.3 is 15.3 Å². The number of nitrogens with zero attached hydrogens (tertiary/aromatic N) is 2. The summed E-state index contributed by atoms with van der Waals surface area (Å²) in [6, 6.07) is 10.4. The lowest BCUT2D eigenvalue weighted by Gasteiger charge is -2.32. The lowest BCUT2D eigenvalue weighted by atomic mass is 9.85. The van der Waals surface area contributed by atoms with Crippen molar-refractivity contribution in [2.75, 3.05) is 11.4 Å². The Morgan fingerprint density at radius 1 is 1.10 bits per heavy atom. The van der Waals surface area contributed by atoms with E-state index in [1.165, 1.54) is 11.0 Å². The molecule has 1 fully saturated rings. The molecular formula is C28H24ClF4N3O3. The number of carbonyl (C=O) groups excluding carboxylic acids is 2. The number of alkyl halides is 2. The first-order valence-corrected chi connectivity index (χ1v) is 12.8. The highest BCUT2D eigenvalue weighted by Crippen LogP contribution is 2.46. The summed E-state index contributed by atoms with van der Waals surface area (Å²) in [6.45, 7) is 0.197. The Morgan fingerprint density at radius 2 is 1.77 bits per heavy atom. The number of aromatic nitrogens is 1. The van der Waals surface area contributed by atoms with Crippen molar-refractivity contribution in [2.45, 2.75) is 43.8 Å². The number of amides is 2. The van der Waals surface area contributed by atoms with Crippen LogP contribution in [0.2, 0.25) is 5.02 Å². The average molecular weight is 562 g/mol. The van der Waals surface area contributed by atoms with Crippen LogP contribution in [0.4, 0.5) is 23.2 Å². The molecule has 0 saturated heterocycles. The van der Waals surface area contributed by atoms with E-state index in [2.05, 4.69) is 10.3 Å². The van der Waals surface area contributed by atoms with E-state index in [1.54, 1.807) is 18.2 Å². The van der Waals surface area contributed by atoms with E-state index in [1.807, 2.05) is 0 Å². The van der Waals surface area contributed by atoms with Crippen molar-refractivity contribution in [1.82, 2.24) is 10.3 Å². The first-order valence-electron chi connectivity index (χ1n) is 12.4. The molecule has 2 aromatic carbocycles. The van der Waals surface area contributed by atoms with Gasteiger partial charge in [-0.1, -0.05) is 35.9 Å². The molecule has 3 aromatic rings. The number of carbonyl (C=O) groups is 2. The molecule has 1 atom stereocenters. The predicted molar refractivity (Wildman–Crippen MR) is 136 cm³/mol. The minimum Gasteiger partial charge on any atom is -0.371 e. The number of para-hydroxylation sites is 1. The number of nitrogens with one attached hydrogen (secondary N) is 1. The van der Waals surface area contributed by atoms with Gasteiger partial charge >= 0.3 is 0 Å². The summed E-state index contributed by atoms with van der Waals surface area (Å²) in [4.78, 5) is 31.2. The summed E-state index contributed by atoms with van der Waals surface area (Å²) in [6.07, 6.45) is 0.327. The first-order chi connectivity index (χ1) is 18.6. The molecule has 5 rings (SSSR count). The Morgan fingerprint density at radius 3 is 2.44 bits per heavy atom. The Balaban J connectivity index is 1.29. The molecule has 0 spiro atoms. The lowest BCUT2D eigenvalue weighted by molar-refractivity contribution is -0.132. The fraction of sp³-hybridized carbons (Fsp3) is 0.321. The van der Waals surface area contributed by atoms with Gasteiger partial charge in [-0.2, -0.15) is 0 Å². The smallest absolute Gasteiger partial charge is 0.281 e. The van der Waals surface area contributed by atoms with Crippen LogP contribution in [0, 0.1) is 17.6 Å². The fourth-order valence-corrected chi connectivity index (χ4v) is 5.68. The number of hydrogen-bond acceptors (Lipinski definition) is 4. The molecule has 204 valence electrons. The minimum absolute atomic E-state index is 0.0348. The van der Waals surface area contributed by atoms with Gasteiger partial charge in [0.1, 0.15) is 17.3 Å². The summed E-state index contributed by atoms with van der Waals surface area (Å²) >= 11 is 5.85. The van der Waals surface area contributed by atoms with Crippen molar-refractivity contribution < 1.29 is 32.3 Å². The molecule has 1 aromatic heterocycles. The summed E-state index contributed by atoms with van der Waals surface area (Å²) in [5.74, 6) is -3.61. The third-order valence-electron chi connectivity index (χ3n) is 7.42. The predicted octanol–water partition coefficient (Wildman–Crippen LogP) is 5.52. The number of halogens is 5. The maximum Gasteiger partial charge on any atom is 0.281 e. The number of aliphatic hydroxyl groups is 1. The summed E-state index contributed by atoms with van der Waals surface area (Å²) in [5, 5.41) is 14.3. The van der Waals surface area contributed by atoms with E-state index in [-0.39, 0.29) is 34.7 Å². The van der Waals surface area contributed by atoms with E-state index < -0.39 is 46.7 Å². The number of rotatable bonds is 6. The van der Waals surface area contributed by atoms with Crippen molar-refractivity contribution in [3.63, 3.8) is 0 Å². The Hall–Kier alpha value is -3.50. The lowest BCUT2D eigenvalue weighted by Crippen LogP contribution is -2.45. The van der Waals surface area contributed by atoms with Crippen LogP contribution in [0.15, 0.2) is 54.7 Å². The Kier molecular flexibility index (Phi) is 7.35. The Labute approximate surface area is 226 Å². The van der Waals surface area contributed by atoms with Crippen molar-refractivity contribution in [1.29, 1.82) is 0 Å². The molecule has 11 heteroatoms. The highest BCUT2D eigenvalue weighted by Gasteiger charge is 2.54. The van der Waals surface area contributed by atoms with E-state index in [4.69, 9.17) is 11.6 Å². The van der Waals surface area contributed by atoms with E-state index >= 15 is 0 Å². The number of fused-ring (bicyclic) bond motifs is 1. The van der Waals surface area contributed by atoms with Crippen LogP contribution in [-0.2, 0) is 10.4 Å². The topological polar surface area (TPSA) is 82.5 Å². The largest absolute Gasteiger partial charge is 0.371 e. The molecule has 0 bridgehead atoms. The second-order valence-corrected chi connectivity index (χ2v) is 10.3. The normalized spacial score (nSPS) is 22.7. The second kappa shape index (κ2) is 10.6. The standard InChI is InChI=1S/C28H24ClF4N3O3/c29-16-12-18(24(25(32)33)34-13-16)26(37)35-17-10-8-15(9-11-17)14-36-22-7-2-1-4-19(22)28(39,27(36)38)23-20(30)5-3-6-21(23)31/h1-7,12-13,15,17,25,39H,8-11,14H2,(H,35,37)/t15-,17-,28?. The zero-order valence-corrected chi connectivity index (χ0v) is 21.3. The quantitative estimate of drug-likeness (QED) is 0.388. The number of anilines is 1. The van der Waals surface area contributed by atoms with Gasteiger partial charge in [0.2, 0.25) is 5.60 Å². The molecule has 2 heterocycles. The third-order valence-corrected chi connectivity index (χ3v) is 7.63. The van der Waals surface area contributed by atoms with Gasteiger partial charge in [0.25, 0.3) is 18.2 Å². The maximum absolute atomic E-state index is 14.7. The Bertz CT molecular complexity index is 1410. The first kappa shape index (κ1) is 27.1. The average Bonchev–Trinajstić information content (AvgIpc) is 3.11. The molecule has 1 unspecified atom stereocenters. The summed E-state index contributed by atoms with van der Waals surface area (Å²) in [5.41, 5.74) is -3.67. The van der Waals surface area contributed by atoms with Crippen LogP contribution in [-0.4, -0.2) is 34.5 Å². The SMILES string of the molecule is O=C(N[C@H]1CC[C@H](CN2C(=O)C(O)(c3c(F)cccc3F)c3ccccc32)CC1)c1cc(Cl)cnc1C(F)F. The molecular weight excluding hydrogens is 538 g/mol. The van der Waals surface area contributed by atoms with Crippen LogP contribution in [0.5, 0.6) is 0 Å². The van der Waals surface area contributed by atoms with Crippen LogP contribution in [0.25, 0.3) is 0 Å². The monoisotopic (exact) mass is 561 g/mol. The summed E-state index contributed by atoms with van der Waals surface area (Å²) < 4.78 is 56.0. The van der Waals surface area contributed by atoms with Gasteiger partial charge in [0.05, 0.1) is 21.8 Å². The number of hydrogen-bond donors (Lipinski definition) is 2. The van der Waals surface area contributed by atoms with Crippen LogP contribution in [0.3, 0.4) is 0 Å². The summed E-state index contributed by atoms with van der Waals surface area (Å²) in [7, 11) is 0. The van der Waals surface area contributed by atoms with Gasteiger partial charge in [-0.05, 0) is 55.9 Å². The van der Waals surface area contributed by atoms with E-state index in [9.17, 15) is 32.3 Å². The zero-order valence-electron chi connectivity index (χ0n) is 20.5. The second-order valence-electron chi connectivity index (χ2n) is 9.82. The van der Waals surface area contributed by atoms with Gasteiger partial charge in [-0.3, -0.25) is 14.6 Å². The number of pyridine rings is 1. The van der Waals surface area contributed by atoms with Crippen LogP contribution in [0.1, 0.15) is 59.3 Å². The molecule has 6 nitrogen and oxygen atoms in total. The maximum atomic E-state index is 14.7. The van der Waals surface area contributed by atoms with E-state index in [0.29, 0.717) is 31.4 Å². The number of benzene rings is 2. The van der Waals surface area contributed by atoms with Crippen molar-refractivity contribution in [2.24, 2.45) is 5.92 Å². The molecule has 1 aliphatic carbocycles. The van der Waals surface area contributed by atoms with Crippen molar-refractivity contribution >= 4 is 29.1 Å². The van der Waals surface area contributed by atoms with Gasteiger partial charge in [-0.25, -0.2) is 17.6 Å². The zero-order chi connectivity index (χ0) is 27.9. The van der Waals surface area contributed by atoms with Crippen molar-refractivity contribution in [3.05, 3.63) is 93.8 Å². The third kappa shape index (κ3) is 4.87. The molecule has 1 aliphatic heterocycles. The van der Waals surface area contributed by atoms with Crippen LogP contribution < -0.4 is 10.2 Å². The fourth-order valence-electron chi connectivity index (χ4n) is 5.52. The highest BCUT2D eigenvalue weighted by atomic mass is 35.5. The van der Waals surface area contributed by atoms with Crippen molar-refractivity contribution in [3.8, 4) is 0 Å². The van der Waals surface area contributed by atoms with Gasteiger partial charge in [0.15, 0.2) is 0 Å². The molecule has 39 heavy (non-hydrogen) atoms. The van der Waals surface area contributed by atoms with Gasteiger partial charge in [0, 0.05) is 24.3 Å². The minimum atomic E-state index is -2.93. The highest BCUT2D eigenvalue weighted by molar-refractivity contribution is 6.30. The molecule has 2 N–H and O–H groups in total. The molecule has 0 radical (unpaired) electrons. The molecule has 2 amide bonds. The molecule has 2 aliphatic rings. The van der Waals surface area contributed by atoms with Gasteiger partial charge in [-0.15, -0.1) is 0 Å². The van der Waals surface area contributed by atoms with Crippen LogP contribution >= 0.6 is 11.6 Å². The van der Waals surface area contributed by atoms with E-state index in [0.717, 1.165) is 30.5 Å².